The molecule has 1 aromatic carbocycles. The van der Waals surface area contributed by atoms with Gasteiger partial charge in [-0.1, -0.05) is 0 Å². The molecular formula is C13H5F5NO2-. The topological polar surface area (TPSA) is 53.0 Å². The number of aromatic nitrogens is 1. The summed E-state index contributed by atoms with van der Waals surface area (Å²) in [6.45, 7) is 0. The normalized spacial score (nSPS) is 11.5. The van der Waals surface area contributed by atoms with Crippen molar-refractivity contribution in [1.82, 2.24) is 4.98 Å². The molecule has 0 aliphatic carbocycles. The zero-order valence-corrected chi connectivity index (χ0v) is 10.0. The highest BCUT2D eigenvalue weighted by Gasteiger charge is 2.38. The molecule has 0 amide bonds. The van der Waals surface area contributed by atoms with Gasteiger partial charge in [-0.2, -0.15) is 13.2 Å². The van der Waals surface area contributed by atoms with Gasteiger partial charge in [0, 0.05) is 23.4 Å². The molecule has 3 nitrogen and oxygen atoms in total. The summed E-state index contributed by atoms with van der Waals surface area (Å²) in [7, 11) is 0. The van der Waals surface area contributed by atoms with Crippen molar-refractivity contribution in [3.05, 3.63) is 53.4 Å². The molecule has 21 heavy (non-hydrogen) atoms. The van der Waals surface area contributed by atoms with Gasteiger partial charge >= 0.3 is 6.18 Å². The molecule has 0 N–H and O–H groups in total. The minimum atomic E-state index is -5.10. The largest absolute Gasteiger partial charge is 0.543 e. The van der Waals surface area contributed by atoms with Crippen molar-refractivity contribution < 1.29 is 31.9 Å². The predicted molar refractivity (Wildman–Crippen MR) is 58.9 cm³/mol. The van der Waals surface area contributed by atoms with E-state index in [1.165, 1.54) is 0 Å². The van der Waals surface area contributed by atoms with Crippen LogP contribution in [0.15, 0.2) is 30.5 Å². The molecule has 0 unspecified atom stereocenters. The zero-order chi connectivity index (χ0) is 15.8. The molecule has 0 spiro atoms. The maximum absolute atomic E-state index is 13.6. The van der Waals surface area contributed by atoms with Crippen molar-refractivity contribution in [2.24, 2.45) is 0 Å². The molecule has 0 saturated carbocycles. The lowest BCUT2D eigenvalue weighted by Gasteiger charge is -2.17. The summed E-state index contributed by atoms with van der Waals surface area (Å²) >= 11 is 0. The van der Waals surface area contributed by atoms with E-state index in [-0.39, 0.29) is 0 Å². The number of carboxylic acid groups (broad SMARTS) is 1. The molecule has 0 aliphatic heterocycles. The molecule has 2 aromatic rings. The quantitative estimate of drug-likeness (QED) is 0.801. The average molecular weight is 302 g/mol. The molecule has 0 radical (unpaired) electrons. The number of hydrogen-bond acceptors (Lipinski definition) is 3. The van der Waals surface area contributed by atoms with Crippen LogP contribution in [0.3, 0.4) is 0 Å². The summed E-state index contributed by atoms with van der Waals surface area (Å²) in [5.41, 5.74) is -4.35. The van der Waals surface area contributed by atoms with E-state index in [1.807, 2.05) is 0 Å². The van der Waals surface area contributed by atoms with Crippen LogP contribution in [0.5, 0.6) is 0 Å². The maximum Gasteiger partial charge on any atom is 0.419 e. The Kier molecular flexibility index (Phi) is 3.63. The summed E-state index contributed by atoms with van der Waals surface area (Å²) in [5.74, 6) is -4.37. The summed E-state index contributed by atoms with van der Waals surface area (Å²) in [5, 5.41) is 10.8. The molecule has 0 aliphatic rings. The Morgan fingerprint density at radius 3 is 2.29 bits per heavy atom. The van der Waals surface area contributed by atoms with Crippen LogP contribution < -0.4 is 5.11 Å². The first-order valence-corrected chi connectivity index (χ1v) is 5.45. The molecule has 110 valence electrons. The lowest BCUT2D eigenvalue weighted by molar-refractivity contribution is -0.256. The third-order valence-electron chi connectivity index (χ3n) is 2.65. The average Bonchev–Trinajstić information content (AvgIpc) is 2.36. The van der Waals surface area contributed by atoms with Crippen molar-refractivity contribution in [3.8, 4) is 11.1 Å². The number of carbonyl (C=O) groups is 1. The second-order valence-electron chi connectivity index (χ2n) is 3.99. The van der Waals surface area contributed by atoms with Crippen molar-refractivity contribution in [2.75, 3.05) is 0 Å². The van der Waals surface area contributed by atoms with Gasteiger partial charge in [0.05, 0.1) is 17.2 Å². The molecule has 1 heterocycles. The van der Waals surface area contributed by atoms with Crippen molar-refractivity contribution >= 4 is 5.97 Å². The van der Waals surface area contributed by atoms with Crippen LogP contribution in [-0.4, -0.2) is 11.0 Å². The van der Waals surface area contributed by atoms with Gasteiger partial charge in [0.15, 0.2) is 0 Å². The van der Waals surface area contributed by atoms with Gasteiger partial charge in [-0.3, -0.25) is 4.98 Å². The Morgan fingerprint density at radius 1 is 1.10 bits per heavy atom. The summed E-state index contributed by atoms with van der Waals surface area (Å²) in [4.78, 5) is 13.9. The lowest BCUT2D eigenvalue weighted by atomic mass is 9.98. The molecule has 0 bridgehead atoms. The predicted octanol–water partition coefficient (Wildman–Crippen LogP) is 2.41. The van der Waals surface area contributed by atoms with E-state index >= 15 is 0 Å². The molecular weight excluding hydrogens is 297 g/mol. The summed E-state index contributed by atoms with van der Waals surface area (Å²) in [6, 6.07) is 2.74. The second-order valence-corrected chi connectivity index (χ2v) is 3.99. The van der Waals surface area contributed by atoms with Gasteiger partial charge in [-0.25, -0.2) is 8.78 Å². The van der Waals surface area contributed by atoms with Crippen LogP contribution in [0.25, 0.3) is 11.1 Å². The second kappa shape index (κ2) is 5.12. The number of pyridine rings is 1. The van der Waals surface area contributed by atoms with Crippen LogP contribution >= 0.6 is 0 Å². The van der Waals surface area contributed by atoms with Crippen LogP contribution in [0.1, 0.15) is 16.1 Å². The molecule has 0 fully saturated rings. The number of carbonyl (C=O) groups excluding carboxylic acids is 1. The van der Waals surface area contributed by atoms with Crippen molar-refractivity contribution in [2.45, 2.75) is 6.18 Å². The Morgan fingerprint density at radius 2 is 1.76 bits per heavy atom. The van der Waals surface area contributed by atoms with Gasteiger partial charge < -0.3 is 9.90 Å². The Hall–Kier alpha value is -2.51. The molecule has 0 saturated heterocycles. The SMILES string of the molecule is O=C([O-])c1nccc(-c2ccc(F)cc2F)c1C(F)(F)F. The third-order valence-corrected chi connectivity index (χ3v) is 2.65. The fourth-order valence-corrected chi connectivity index (χ4v) is 1.84. The van der Waals surface area contributed by atoms with Crippen LogP contribution in [0.4, 0.5) is 22.0 Å². The van der Waals surface area contributed by atoms with E-state index in [0.29, 0.717) is 6.07 Å². The van der Waals surface area contributed by atoms with Gasteiger partial charge in [-0.05, 0) is 18.2 Å². The Labute approximate surface area is 114 Å². The minimum absolute atomic E-state index is 0.397. The van der Waals surface area contributed by atoms with E-state index in [1.54, 1.807) is 0 Å². The third kappa shape index (κ3) is 2.83. The Balaban J connectivity index is 2.80. The summed E-state index contributed by atoms with van der Waals surface area (Å²) < 4.78 is 65.6. The first-order valence-electron chi connectivity index (χ1n) is 5.45. The van der Waals surface area contributed by atoms with E-state index in [0.717, 1.165) is 24.4 Å². The van der Waals surface area contributed by atoms with E-state index in [9.17, 15) is 31.9 Å². The number of carboxylic acids is 1. The first kappa shape index (κ1) is 14.9. The number of halogens is 5. The van der Waals surface area contributed by atoms with Crippen LogP contribution in [0, 0.1) is 11.6 Å². The van der Waals surface area contributed by atoms with E-state index < -0.39 is 46.2 Å². The van der Waals surface area contributed by atoms with Crippen LogP contribution in [-0.2, 0) is 6.18 Å². The van der Waals surface area contributed by atoms with Crippen molar-refractivity contribution in [3.63, 3.8) is 0 Å². The highest BCUT2D eigenvalue weighted by molar-refractivity contribution is 5.88. The number of hydrogen-bond donors (Lipinski definition) is 0. The number of rotatable bonds is 2. The van der Waals surface area contributed by atoms with Gasteiger partial charge in [0.2, 0.25) is 0 Å². The van der Waals surface area contributed by atoms with Crippen LogP contribution in [0.2, 0.25) is 0 Å². The number of alkyl halides is 3. The van der Waals surface area contributed by atoms with Gasteiger partial charge in [0.25, 0.3) is 0 Å². The summed E-state index contributed by atoms with van der Waals surface area (Å²) in [6.07, 6.45) is -4.32. The highest BCUT2D eigenvalue weighted by atomic mass is 19.4. The van der Waals surface area contributed by atoms with Crippen molar-refractivity contribution in [1.29, 1.82) is 0 Å². The molecule has 2 rings (SSSR count). The lowest BCUT2D eigenvalue weighted by Crippen LogP contribution is -2.28. The standard InChI is InChI=1S/C13H6F5NO2/c14-6-1-2-7(9(15)5-6)8-3-4-19-11(12(20)21)10(8)13(16,17)18/h1-5H,(H,20,21)/p-1. The minimum Gasteiger partial charge on any atom is -0.543 e. The molecule has 8 heteroatoms. The number of nitrogens with zero attached hydrogens (tertiary/aromatic N) is 1. The monoisotopic (exact) mass is 302 g/mol. The maximum atomic E-state index is 13.6. The van der Waals surface area contributed by atoms with Gasteiger partial charge in [-0.15, -0.1) is 0 Å². The number of aromatic carboxylic acids is 1. The first-order chi connectivity index (χ1) is 9.71. The smallest absolute Gasteiger partial charge is 0.419 e. The zero-order valence-electron chi connectivity index (χ0n) is 10.0. The van der Waals surface area contributed by atoms with Gasteiger partial charge in [0.1, 0.15) is 11.6 Å². The van der Waals surface area contributed by atoms with E-state index in [4.69, 9.17) is 0 Å². The highest BCUT2D eigenvalue weighted by Crippen LogP contribution is 2.39. The van der Waals surface area contributed by atoms with E-state index in [2.05, 4.69) is 4.98 Å². The fourth-order valence-electron chi connectivity index (χ4n) is 1.84. The molecule has 0 atom stereocenters. The molecule has 1 aromatic heterocycles. The Bertz CT molecular complexity index is 712. The fraction of sp³-hybridized carbons (Fsp3) is 0.0769. The number of benzene rings is 1.